The second-order valence-electron chi connectivity index (χ2n) is 5.38. The molecule has 16 heavy (non-hydrogen) atoms. The van der Waals surface area contributed by atoms with Crippen LogP contribution >= 0.6 is 15.9 Å². The van der Waals surface area contributed by atoms with Gasteiger partial charge in [0.25, 0.3) is 0 Å². The second-order valence-corrected chi connectivity index (χ2v) is 6.24. The van der Waals surface area contributed by atoms with Crippen molar-refractivity contribution in [2.45, 2.75) is 53.2 Å². The van der Waals surface area contributed by atoms with Crippen molar-refractivity contribution in [3.8, 4) is 0 Å². The summed E-state index contributed by atoms with van der Waals surface area (Å²) in [6.45, 7) is 9.34. The minimum absolute atomic E-state index is 0.111. The highest BCUT2D eigenvalue weighted by atomic mass is 79.9. The van der Waals surface area contributed by atoms with Crippen LogP contribution in [-0.2, 0) is 6.54 Å². The van der Waals surface area contributed by atoms with Gasteiger partial charge in [0.05, 0.1) is 22.5 Å². The minimum atomic E-state index is -0.455. The van der Waals surface area contributed by atoms with Crippen LogP contribution in [-0.4, -0.2) is 14.9 Å². The van der Waals surface area contributed by atoms with Crippen molar-refractivity contribution in [1.29, 1.82) is 0 Å². The van der Waals surface area contributed by atoms with Crippen LogP contribution in [0.5, 0.6) is 0 Å². The van der Waals surface area contributed by atoms with Crippen molar-refractivity contribution in [3.63, 3.8) is 0 Å². The minimum Gasteiger partial charge on any atom is -0.387 e. The molecule has 0 bridgehead atoms. The zero-order valence-corrected chi connectivity index (χ0v) is 12.1. The van der Waals surface area contributed by atoms with Gasteiger partial charge < -0.3 is 5.11 Å². The monoisotopic (exact) mass is 288 g/mol. The maximum absolute atomic E-state index is 10.2. The van der Waals surface area contributed by atoms with Gasteiger partial charge in [-0.2, -0.15) is 5.10 Å². The van der Waals surface area contributed by atoms with Crippen molar-refractivity contribution >= 4 is 15.9 Å². The Morgan fingerprint density at radius 3 is 2.62 bits per heavy atom. The molecule has 1 aromatic rings. The molecule has 1 atom stereocenters. The summed E-state index contributed by atoms with van der Waals surface area (Å²) in [6, 6.07) is 0. The van der Waals surface area contributed by atoms with Crippen molar-refractivity contribution < 1.29 is 5.11 Å². The summed E-state index contributed by atoms with van der Waals surface area (Å²) in [5, 5.41) is 14.5. The molecule has 0 saturated carbocycles. The maximum atomic E-state index is 10.2. The molecule has 0 aliphatic rings. The van der Waals surface area contributed by atoms with E-state index in [0.717, 1.165) is 29.6 Å². The molecule has 0 saturated heterocycles. The molecule has 1 aromatic heterocycles. The normalized spacial score (nSPS) is 14.1. The number of hydrogen-bond acceptors (Lipinski definition) is 2. The number of hydrogen-bond donors (Lipinski definition) is 1. The smallest absolute Gasteiger partial charge is 0.0973 e. The van der Waals surface area contributed by atoms with Gasteiger partial charge in [0.1, 0.15) is 0 Å². The Hall–Kier alpha value is -0.350. The predicted molar refractivity (Wildman–Crippen MR) is 69.2 cm³/mol. The number of aliphatic hydroxyl groups is 1. The zero-order chi connectivity index (χ0) is 12.3. The van der Waals surface area contributed by atoms with Crippen LogP contribution < -0.4 is 0 Å². The number of aryl methyl sites for hydroxylation is 1. The maximum Gasteiger partial charge on any atom is 0.0973 e. The fourth-order valence-electron chi connectivity index (χ4n) is 1.77. The van der Waals surface area contributed by atoms with E-state index in [-0.39, 0.29) is 5.41 Å². The largest absolute Gasteiger partial charge is 0.387 e. The first-order chi connectivity index (χ1) is 7.35. The van der Waals surface area contributed by atoms with Crippen LogP contribution in [0.4, 0.5) is 0 Å². The van der Waals surface area contributed by atoms with E-state index in [1.54, 1.807) is 6.20 Å². The third kappa shape index (κ3) is 3.59. The number of rotatable bonds is 4. The summed E-state index contributed by atoms with van der Waals surface area (Å²) in [7, 11) is 0. The van der Waals surface area contributed by atoms with Crippen molar-refractivity contribution in [2.24, 2.45) is 5.41 Å². The molecule has 0 aromatic carbocycles. The highest BCUT2D eigenvalue weighted by molar-refractivity contribution is 9.10. The molecule has 1 N–H and O–H groups in total. The molecule has 0 amide bonds. The third-order valence-electron chi connectivity index (χ3n) is 2.39. The lowest BCUT2D eigenvalue weighted by Gasteiger charge is -2.23. The summed E-state index contributed by atoms with van der Waals surface area (Å²) in [5.41, 5.74) is 1.01. The molecule has 0 radical (unpaired) electrons. The summed E-state index contributed by atoms with van der Waals surface area (Å²) in [5.74, 6) is 0. The van der Waals surface area contributed by atoms with Crippen LogP contribution in [0.15, 0.2) is 10.7 Å². The van der Waals surface area contributed by atoms with Crippen molar-refractivity contribution in [2.75, 3.05) is 0 Å². The van der Waals surface area contributed by atoms with Crippen LogP contribution in [0, 0.1) is 5.41 Å². The third-order valence-corrected chi connectivity index (χ3v) is 3.00. The van der Waals surface area contributed by atoms with Crippen LogP contribution in [0.1, 0.15) is 52.3 Å². The van der Waals surface area contributed by atoms with Gasteiger partial charge in [0, 0.05) is 6.54 Å². The molecule has 1 unspecified atom stereocenters. The number of aliphatic hydroxyl groups excluding tert-OH is 1. The Morgan fingerprint density at radius 1 is 1.50 bits per heavy atom. The van der Waals surface area contributed by atoms with Gasteiger partial charge in [-0.1, -0.05) is 27.7 Å². The van der Waals surface area contributed by atoms with Gasteiger partial charge >= 0.3 is 0 Å². The van der Waals surface area contributed by atoms with E-state index in [9.17, 15) is 5.11 Å². The Balaban J connectivity index is 2.88. The average molecular weight is 289 g/mol. The fraction of sp³-hybridized carbons (Fsp3) is 0.750. The lowest BCUT2D eigenvalue weighted by Crippen LogP contribution is -2.16. The van der Waals surface area contributed by atoms with Crippen molar-refractivity contribution in [3.05, 3.63) is 16.4 Å². The molecular weight excluding hydrogens is 268 g/mol. The molecule has 0 aliphatic carbocycles. The standard InChI is InChI=1S/C12H21BrN2O/c1-5-6-15-11(9(13)8-14-15)10(16)7-12(2,3)4/h8,10,16H,5-7H2,1-4H3. The van der Waals surface area contributed by atoms with E-state index in [2.05, 4.69) is 48.7 Å². The molecule has 1 rings (SSSR count). The molecule has 0 fully saturated rings. The average Bonchev–Trinajstić information content (AvgIpc) is 2.44. The fourth-order valence-corrected chi connectivity index (χ4v) is 2.33. The quantitative estimate of drug-likeness (QED) is 0.921. The SMILES string of the molecule is CCCn1ncc(Br)c1C(O)CC(C)(C)C. The molecule has 92 valence electrons. The highest BCUT2D eigenvalue weighted by Crippen LogP contribution is 2.32. The first-order valence-corrected chi connectivity index (χ1v) is 6.53. The Labute approximate surface area is 106 Å². The molecule has 0 aliphatic heterocycles. The van der Waals surface area contributed by atoms with E-state index in [4.69, 9.17) is 0 Å². The lowest BCUT2D eigenvalue weighted by atomic mass is 9.88. The topological polar surface area (TPSA) is 38.0 Å². The molecule has 3 nitrogen and oxygen atoms in total. The number of halogens is 1. The van der Waals surface area contributed by atoms with Crippen molar-refractivity contribution in [1.82, 2.24) is 9.78 Å². The van der Waals surface area contributed by atoms with Crippen LogP contribution in [0.25, 0.3) is 0 Å². The zero-order valence-electron chi connectivity index (χ0n) is 10.5. The summed E-state index contributed by atoms with van der Waals surface area (Å²) in [6.07, 6.45) is 3.06. The first kappa shape index (κ1) is 13.7. The predicted octanol–water partition coefficient (Wildman–Crippen LogP) is 3.53. The van der Waals surface area contributed by atoms with Gasteiger partial charge in [0.15, 0.2) is 0 Å². The second kappa shape index (κ2) is 5.32. The number of aromatic nitrogens is 2. The highest BCUT2D eigenvalue weighted by Gasteiger charge is 2.23. The van der Waals surface area contributed by atoms with E-state index in [0.29, 0.717) is 0 Å². The molecule has 4 heteroatoms. The molecule has 1 heterocycles. The van der Waals surface area contributed by atoms with E-state index in [1.807, 2.05) is 4.68 Å². The van der Waals surface area contributed by atoms with E-state index in [1.165, 1.54) is 0 Å². The number of nitrogens with zero attached hydrogens (tertiary/aromatic N) is 2. The Morgan fingerprint density at radius 2 is 2.12 bits per heavy atom. The molecular formula is C12H21BrN2O. The summed E-state index contributed by atoms with van der Waals surface area (Å²) in [4.78, 5) is 0. The van der Waals surface area contributed by atoms with E-state index >= 15 is 0 Å². The van der Waals surface area contributed by atoms with Crippen LogP contribution in [0.2, 0.25) is 0 Å². The Kier molecular flexibility index (Phi) is 4.56. The van der Waals surface area contributed by atoms with Gasteiger partial charge in [0.2, 0.25) is 0 Å². The summed E-state index contributed by atoms with van der Waals surface area (Å²) < 4.78 is 2.79. The lowest BCUT2D eigenvalue weighted by molar-refractivity contribution is 0.112. The first-order valence-electron chi connectivity index (χ1n) is 5.74. The molecule has 0 spiro atoms. The van der Waals surface area contributed by atoms with Gasteiger partial charge in [-0.3, -0.25) is 4.68 Å². The van der Waals surface area contributed by atoms with Gasteiger partial charge in [-0.15, -0.1) is 0 Å². The van der Waals surface area contributed by atoms with E-state index < -0.39 is 6.10 Å². The Bertz CT molecular complexity index is 341. The summed E-state index contributed by atoms with van der Waals surface area (Å²) >= 11 is 3.45. The van der Waals surface area contributed by atoms with Gasteiger partial charge in [-0.25, -0.2) is 0 Å². The van der Waals surface area contributed by atoms with Crippen LogP contribution in [0.3, 0.4) is 0 Å². The van der Waals surface area contributed by atoms with Gasteiger partial charge in [-0.05, 0) is 34.2 Å².